The van der Waals surface area contributed by atoms with Gasteiger partial charge in [-0.3, -0.25) is 0 Å². The standard InChI is InChI=1S/C14H13F3N2/c15-14(16,17)13(19,10-11-18)9-5-4-8-12-6-2-1-3-7-12/h1-9H,10,19H2/b8-4+,9-5+. The van der Waals surface area contributed by atoms with Gasteiger partial charge in [0.15, 0.2) is 0 Å². The fourth-order valence-electron chi connectivity index (χ4n) is 1.34. The van der Waals surface area contributed by atoms with Crippen molar-refractivity contribution in [2.24, 2.45) is 5.73 Å². The normalized spacial score (nSPS) is 15.5. The third-order valence-corrected chi connectivity index (χ3v) is 2.49. The van der Waals surface area contributed by atoms with Crippen LogP contribution in [-0.4, -0.2) is 11.7 Å². The van der Waals surface area contributed by atoms with Gasteiger partial charge in [-0.05, 0) is 5.56 Å². The second kappa shape index (κ2) is 6.21. The molecule has 0 aromatic heterocycles. The summed E-state index contributed by atoms with van der Waals surface area (Å²) >= 11 is 0. The van der Waals surface area contributed by atoms with E-state index in [9.17, 15) is 13.2 Å². The topological polar surface area (TPSA) is 49.8 Å². The van der Waals surface area contributed by atoms with Crippen LogP contribution in [0.2, 0.25) is 0 Å². The first-order valence-corrected chi connectivity index (χ1v) is 5.52. The van der Waals surface area contributed by atoms with Crippen LogP contribution in [0.4, 0.5) is 13.2 Å². The molecule has 0 amide bonds. The van der Waals surface area contributed by atoms with Crippen LogP contribution >= 0.6 is 0 Å². The number of nitrogens with zero attached hydrogens (tertiary/aromatic N) is 1. The monoisotopic (exact) mass is 266 g/mol. The summed E-state index contributed by atoms with van der Waals surface area (Å²) in [5.74, 6) is 0. The number of alkyl halides is 3. The van der Waals surface area contributed by atoms with E-state index in [2.05, 4.69) is 0 Å². The van der Waals surface area contributed by atoms with Crippen molar-refractivity contribution >= 4 is 6.08 Å². The molecule has 0 aliphatic rings. The molecule has 1 unspecified atom stereocenters. The fraction of sp³-hybridized carbons (Fsp3) is 0.214. The highest BCUT2D eigenvalue weighted by atomic mass is 19.4. The van der Waals surface area contributed by atoms with Crippen molar-refractivity contribution in [2.75, 3.05) is 0 Å². The van der Waals surface area contributed by atoms with Crippen LogP contribution in [0.5, 0.6) is 0 Å². The molecule has 100 valence electrons. The zero-order valence-corrected chi connectivity index (χ0v) is 10.1. The molecule has 0 saturated carbocycles. The summed E-state index contributed by atoms with van der Waals surface area (Å²) in [6.45, 7) is 0. The molecule has 0 aliphatic carbocycles. The number of hydrogen-bond donors (Lipinski definition) is 1. The van der Waals surface area contributed by atoms with Crippen LogP contribution in [-0.2, 0) is 0 Å². The van der Waals surface area contributed by atoms with E-state index < -0.39 is 18.1 Å². The first kappa shape index (κ1) is 15.0. The van der Waals surface area contributed by atoms with Gasteiger partial charge < -0.3 is 5.73 Å². The second-order valence-electron chi connectivity index (χ2n) is 4.00. The molecule has 0 aliphatic heterocycles. The SMILES string of the molecule is N#CCC(N)(/C=C/C=C/c1ccccc1)C(F)(F)F. The van der Waals surface area contributed by atoms with Gasteiger partial charge in [-0.15, -0.1) is 0 Å². The summed E-state index contributed by atoms with van der Waals surface area (Å²) in [6.07, 6.45) is -0.348. The van der Waals surface area contributed by atoms with Gasteiger partial charge in [-0.25, -0.2) is 0 Å². The molecule has 0 saturated heterocycles. The van der Waals surface area contributed by atoms with Gasteiger partial charge in [0, 0.05) is 0 Å². The predicted octanol–water partition coefficient (Wildman–Crippen LogP) is 3.43. The summed E-state index contributed by atoms with van der Waals surface area (Å²) in [5.41, 5.74) is 3.45. The van der Waals surface area contributed by atoms with Crippen LogP contribution in [0.15, 0.2) is 48.6 Å². The van der Waals surface area contributed by atoms with Crippen molar-refractivity contribution in [1.29, 1.82) is 5.26 Å². The summed E-state index contributed by atoms with van der Waals surface area (Å²) in [5, 5.41) is 8.42. The second-order valence-corrected chi connectivity index (χ2v) is 4.00. The largest absolute Gasteiger partial charge is 0.411 e. The lowest BCUT2D eigenvalue weighted by atomic mass is 9.96. The summed E-state index contributed by atoms with van der Waals surface area (Å²) in [4.78, 5) is 0. The maximum atomic E-state index is 12.7. The van der Waals surface area contributed by atoms with Gasteiger partial charge in [0.2, 0.25) is 0 Å². The van der Waals surface area contributed by atoms with E-state index in [0.717, 1.165) is 11.6 Å². The van der Waals surface area contributed by atoms with Gasteiger partial charge in [0.05, 0.1) is 12.5 Å². The van der Waals surface area contributed by atoms with Crippen molar-refractivity contribution in [3.63, 3.8) is 0 Å². The molecule has 0 radical (unpaired) electrons. The molecule has 19 heavy (non-hydrogen) atoms. The molecule has 1 aromatic rings. The Labute approximate surface area is 109 Å². The average Bonchev–Trinajstić information content (AvgIpc) is 2.35. The Morgan fingerprint density at radius 1 is 1.16 bits per heavy atom. The van der Waals surface area contributed by atoms with E-state index in [-0.39, 0.29) is 0 Å². The van der Waals surface area contributed by atoms with E-state index >= 15 is 0 Å². The summed E-state index contributed by atoms with van der Waals surface area (Å²) in [7, 11) is 0. The van der Waals surface area contributed by atoms with Crippen LogP contribution in [0.25, 0.3) is 6.08 Å². The zero-order valence-electron chi connectivity index (χ0n) is 10.1. The Kier molecular flexibility index (Phi) is 4.90. The van der Waals surface area contributed by atoms with Crippen molar-refractivity contribution in [3.05, 3.63) is 54.1 Å². The number of benzene rings is 1. The Morgan fingerprint density at radius 3 is 2.32 bits per heavy atom. The predicted molar refractivity (Wildman–Crippen MR) is 67.8 cm³/mol. The van der Waals surface area contributed by atoms with Crippen LogP contribution < -0.4 is 5.73 Å². The van der Waals surface area contributed by atoms with E-state index in [4.69, 9.17) is 11.0 Å². The lowest BCUT2D eigenvalue weighted by Crippen LogP contribution is -2.51. The molecule has 0 heterocycles. The zero-order chi connectivity index (χ0) is 14.4. The first-order valence-electron chi connectivity index (χ1n) is 5.52. The first-order chi connectivity index (χ1) is 8.89. The quantitative estimate of drug-likeness (QED) is 0.849. The molecule has 2 nitrogen and oxygen atoms in total. The Balaban J connectivity index is 2.79. The van der Waals surface area contributed by atoms with Crippen LogP contribution in [0.1, 0.15) is 12.0 Å². The number of nitrogens with two attached hydrogens (primary N) is 1. The number of hydrogen-bond acceptors (Lipinski definition) is 2. The molecule has 1 aromatic carbocycles. The van der Waals surface area contributed by atoms with Crippen LogP contribution in [0, 0.1) is 11.3 Å². The molecule has 1 rings (SSSR count). The smallest absolute Gasteiger partial charge is 0.314 e. The van der Waals surface area contributed by atoms with E-state index in [1.165, 1.54) is 18.2 Å². The molecule has 0 spiro atoms. The van der Waals surface area contributed by atoms with E-state index in [1.807, 2.05) is 30.3 Å². The maximum Gasteiger partial charge on any atom is 0.411 e. The molecular formula is C14H13F3N2. The van der Waals surface area contributed by atoms with Gasteiger partial charge >= 0.3 is 6.18 Å². The number of allylic oxidation sites excluding steroid dienone is 2. The lowest BCUT2D eigenvalue weighted by Gasteiger charge is -2.25. The minimum absolute atomic E-state index is 0.801. The summed E-state index contributed by atoms with van der Waals surface area (Å²) in [6, 6.07) is 10.6. The van der Waals surface area contributed by atoms with E-state index in [1.54, 1.807) is 6.08 Å². The number of nitriles is 1. The molecule has 1 atom stereocenters. The van der Waals surface area contributed by atoms with Gasteiger partial charge in [0.1, 0.15) is 5.54 Å². The highest BCUT2D eigenvalue weighted by Gasteiger charge is 2.49. The average molecular weight is 266 g/mol. The lowest BCUT2D eigenvalue weighted by molar-refractivity contribution is -0.170. The van der Waals surface area contributed by atoms with Gasteiger partial charge in [0.25, 0.3) is 0 Å². The van der Waals surface area contributed by atoms with Gasteiger partial charge in [-0.1, -0.05) is 54.6 Å². The number of rotatable bonds is 4. The molecule has 2 N–H and O–H groups in total. The fourth-order valence-corrected chi connectivity index (χ4v) is 1.34. The molecular weight excluding hydrogens is 253 g/mol. The van der Waals surface area contributed by atoms with Crippen molar-refractivity contribution in [3.8, 4) is 6.07 Å². The minimum Gasteiger partial charge on any atom is -0.314 e. The highest BCUT2D eigenvalue weighted by molar-refractivity contribution is 5.50. The molecule has 5 heteroatoms. The summed E-state index contributed by atoms with van der Waals surface area (Å²) < 4.78 is 38.1. The Hall–Kier alpha value is -2.06. The molecule has 0 bridgehead atoms. The van der Waals surface area contributed by atoms with Crippen LogP contribution in [0.3, 0.4) is 0 Å². The van der Waals surface area contributed by atoms with Crippen molar-refractivity contribution in [2.45, 2.75) is 18.1 Å². The third-order valence-electron chi connectivity index (χ3n) is 2.49. The van der Waals surface area contributed by atoms with Crippen molar-refractivity contribution < 1.29 is 13.2 Å². The Bertz CT molecular complexity index is 498. The molecule has 0 fully saturated rings. The van der Waals surface area contributed by atoms with Gasteiger partial charge in [-0.2, -0.15) is 18.4 Å². The van der Waals surface area contributed by atoms with E-state index in [0.29, 0.717) is 0 Å². The third kappa shape index (κ3) is 4.27. The Morgan fingerprint density at radius 2 is 1.79 bits per heavy atom. The highest BCUT2D eigenvalue weighted by Crippen LogP contribution is 2.31. The maximum absolute atomic E-state index is 12.7. The minimum atomic E-state index is -4.65. The van der Waals surface area contributed by atoms with Crippen molar-refractivity contribution in [1.82, 2.24) is 0 Å². The number of halogens is 3.